The van der Waals surface area contributed by atoms with Gasteiger partial charge in [-0.05, 0) is 62.2 Å². The van der Waals surface area contributed by atoms with Crippen molar-refractivity contribution >= 4 is 40.4 Å². The van der Waals surface area contributed by atoms with Crippen molar-refractivity contribution in [1.29, 1.82) is 0 Å². The molecule has 2 heterocycles. The van der Waals surface area contributed by atoms with E-state index in [1.165, 1.54) is 11.3 Å². The summed E-state index contributed by atoms with van der Waals surface area (Å²) in [6, 6.07) is 12.7. The van der Waals surface area contributed by atoms with Crippen LogP contribution < -0.4 is 10.1 Å². The molecule has 0 spiro atoms. The quantitative estimate of drug-likeness (QED) is 0.511. The summed E-state index contributed by atoms with van der Waals surface area (Å²) in [6.07, 6.45) is 2.11. The number of nitrogens with zero attached hydrogens (tertiary/aromatic N) is 2. The van der Waals surface area contributed by atoms with E-state index < -0.39 is 0 Å². The minimum absolute atomic E-state index is 0.105. The number of rotatable bonds is 7. The maximum atomic E-state index is 12.9. The molecule has 4 rings (SSSR count). The van der Waals surface area contributed by atoms with E-state index in [0.717, 1.165) is 42.3 Å². The van der Waals surface area contributed by atoms with Crippen LogP contribution in [0.15, 0.2) is 47.8 Å². The molecular formula is C24H24ClN3O3S. The lowest BCUT2D eigenvalue weighted by Crippen LogP contribution is -2.29. The highest BCUT2D eigenvalue weighted by Crippen LogP contribution is 2.27. The Kier molecular flexibility index (Phi) is 7.07. The predicted molar refractivity (Wildman–Crippen MR) is 128 cm³/mol. The van der Waals surface area contributed by atoms with Gasteiger partial charge in [-0.3, -0.25) is 9.59 Å². The summed E-state index contributed by atoms with van der Waals surface area (Å²) in [7, 11) is 0. The number of benzene rings is 2. The van der Waals surface area contributed by atoms with Crippen molar-refractivity contribution in [3.8, 4) is 16.3 Å². The van der Waals surface area contributed by atoms with E-state index in [4.69, 9.17) is 16.3 Å². The smallest absolute Gasteiger partial charge is 0.256 e. The number of aromatic nitrogens is 1. The minimum Gasteiger partial charge on any atom is -0.494 e. The molecule has 1 aliphatic heterocycles. The van der Waals surface area contributed by atoms with Crippen LogP contribution >= 0.6 is 22.9 Å². The Morgan fingerprint density at radius 3 is 2.62 bits per heavy atom. The zero-order valence-corrected chi connectivity index (χ0v) is 19.3. The van der Waals surface area contributed by atoms with Gasteiger partial charge in [-0.25, -0.2) is 4.98 Å². The average Bonchev–Trinajstić information content (AvgIpc) is 3.48. The number of carbonyl (C=O) groups excluding carboxylic acids is 2. The largest absolute Gasteiger partial charge is 0.494 e. The summed E-state index contributed by atoms with van der Waals surface area (Å²) >= 11 is 7.61. The molecule has 0 unspecified atom stereocenters. The molecule has 0 radical (unpaired) electrons. The number of anilines is 1. The number of amides is 2. The second-order valence-electron chi connectivity index (χ2n) is 7.52. The molecule has 3 aromatic rings. The highest BCUT2D eigenvalue weighted by Gasteiger charge is 2.23. The lowest BCUT2D eigenvalue weighted by molar-refractivity contribution is -0.115. The molecule has 1 saturated heterocycles. The zero-order chi connectivity index (χ0) is 22.5. The zero-order valence-electron chi connectivity index (χ0n) is 17.8. The fourth-order valence-corrected chi connectivity index (χ4v) is 4.63. The third-order valence-electron chi connectivity index (χ3n) is 5.19. The number of hydrogen-bond acceptors (Lipinski definition) is 5. The number of likely N-dealkylation sites (tertiary alicyclic amines) is 1. The number of ether oxygens (including phenoxy) is 1. The Hall–Kier alpha value is -2.90. The molecule has 0 aliphatic carbocycles. The van der Waals surface area contributed by atoms with Gasteiger partial charge in [0.15, 0.2) is 0 Å². The Balaban J connectivity index is 1.44. The number of thiazole rings is 1. The van der Waals surface area contributed by atoms with E-state index >= 15 is 0 Å². The van der Waals surface area contributed by atoms with Crippen LogP contribution in [0.25, 0.3) is 10.6 Å². The number of carbonyl (C=O) groups is 2. The molecule has 2 aromatic carbocycles. The van der Waals surface area contributed by atoms with Gasteiger partial charge < -0.3 is 15.0 Å². The fraction of sp³-hybridized carbons (Fsp3) is 0.292. The van der Waals surface area contributed by atoms with Crippen LogP contribution in [0.5, 0.6) is 5.75 Å². The second-order valence-corrected chi connectivity index (χ2v) is 8.81. The van der Waals surface area contributed by atoms with Crippen LogP contribution in [0.3, 0.4) is 0 Å². The summed E-state index contributed by atoms with van der Waals surface area (Å²) in [5.41, 5.74) is 2.54. The van der Waals surface area contributed by atoms with Crippen molar-refractivity contribution in [2.75, 3.05) is 25.0 Å². The monoisotopic (exact) mass is 469 g/mol. The molecule has 8 heteroatoms. The molecule has 6 nitrogen and oxygen atoms in total. The lowest BCUT2D eigenvalue weighted by atomic mass is 10.1. The third kappa shape index (κ3) is 5.29. The first-order valence-corrected chi connectivity index (χ1v) is 11.9. The van der Waals surface area contributed by atoms with Crippen LogP contribution in [0, 0.1) is 0 Å². The fourth-order valence-electron chi connectivity index (χ4n) is 3.63. The molecule has 1 N–H and O–H groups in total. The molecule has 1 aromatic heterocycles. The van der Waals surface area contributed by atoms with Crippen molar-refractivity contribution in [3.63, 3.8) is 0 Å². The van der Waals surface area contributed by atoms with Gasteiger partial charge in [-0.1, -0.05) is 11.6 Å². The molecular weight excluding hydrogens is 446 g/mol. The first-order chi connectivity index (χ1) is 15.5. The van der Waals surface area contributed by atoms with Crippen LogP contribution in [-0.4, -0.2) is 41.4 Å². The lowest BCUT2D eigenvalue weighted by Gasteiger charge is -2.18. The van der Waals surface area contributed by atoms with Gasteiger partial charge in [0.25, 0.3) is 5.91 Å². The van der Waals surface area contributed by atoms with Crippen molar-refractivity contribution in [1.82, 2.24) is 9.88 Å². The molecule has 0 bridgehead atoms. The summed E-state index contributed by atoms with van der Waals surface area (Å²) in [5.74, 6) is 0.479. The van der Waals surface area contributed by atoms with E-state index in [1.54, 1.807) is 23.1 Å². The van der Waals surface area contributed by atoms with Crippen molar-refractivity contribution < 1.29 is 14.3 Å². The topological polar surface area (TPSA) is 71.5 Å². The normalized spacial score (nSPS) is 13.2. The van der Waals surface area contributed by atoms with E-state index in [-0.39, 0.29) is 18.2 Å². The number of halogens is 1. The Bertz CT molecular complexity index is 1110. The van der Waals surface area contributed by atoms with Gasteiger partial charge in [0.1, 0.15) is 10.8 Å². The standard InChI is InChI=1S/C24H24ClN3O3S/c1-2-31-19-8-5-16(6-9-19)23-26-18(15-32-23)14-22(29)27-21-10-7-17(25)13-20(21)24(30)28-11-3-4-12-28/h5-10,13,15H,2-4,11-12,14H2,1H3,(H,27,29). The molecule has 1 fully saturated rings. The predicted octanol–water partition coefficient (Wildman–Crippen LogP) is 5.28. The van der Waals surface area contributed by atoms with Crippen molar-refractivity contribution in [3.05, 3.63) is 64.1 Å². The highest BCUT2D eigenvalue weighted by atomic mass is 35.5. The Morgan fingerprint density at radius 1 is 1.16 bits per heavy atom. The summed E-state index contributed by atoms with van der Waals surface area (Å²) in [5, 5.41) is 6.05. The van der Waals surface area contributed by atoms with Gasteiger partial charge in [-0.15, -0.1) is 11.3 Å². The average molecular weight is 470 g/mol. The minimum atomic E-state index is -0.230. The molecule has 0 atom stereocenters. The molecule has 1 aliphatic rings. The summed E-state index contributed by atoms with van der Waals surface area (Å²) in [4.78, 5) is 32.0. The number of nitrogens with one attached hydrogen (secondary N) is 1. The van der Waals surface area contributed by atoms with Crippen LogP contribution in [0.1, 0.15) is 35.8 Å². The first-order valence-electron chi connectivity index (χ1n) is 10.6. The van der Waals surface area contributed by atoms with Crippen molar-refractivity contribution in [2.45, 2.75) is 26.2 Å². The maximum absolute atomic E-state index is 12.9. The van der Waals surface area contributed by atoms with Crippen LogP contribution in [0.2, 0.25) is 5.02 Å². The third-order valence-corrected chi connectivity index (χ3v) is 6.36. The van der Waals surface area contributed by atoms with Crippen LogP contribution in [-0.2, 0) is 11.2 Å². The van der Waals surface area contributed by atoms with Crippen molar-refractivity contribution in [2.24, 2.45) is 0 Å². The molecule has 2 amide bonds. The maximum Gasteiger partial charge on any atom is 0.256 e. The van der Waals surface area contributed by atoms with Crippen LogP contribution in [0.4, 0.5) is 5.69 Å². The first kappa shape index (κ1) is 22.3. The van der Waals surface area contributed by atoms with E-state index in [2.05, 4.69) is 10.3 Å². The second kappa shape index (κ2) is 10.1. The number of hydrogen-bond donors (Lipinski definition) is 1. The molecule has 0 saturated carbocycles. The van der Waals surface area contributed by atoms with E-state index in [0.29, 0.717) is 28.6 Å². The van der Waals surface area contributed by atoms with Gasteiger partial charge in [0.2, 0.25) is 5.91 Å². The Morgan fingerprint density at radius 2 is 1.91 bits per heavy atom. The van der Waals surface area contributed by atoms with E-state index in [9.17, 15) is 9.59 Å². The van der Waals surface area contributed by atoms with Gasteiger partial charge in [0, 0.05) is 29.1 Å². The van der Waals surface area contributed by atoms with Gasteiger partial charge >= 0.3 is 0 Å². The Labute approximate surface area is 196 Å². The summed E-state index contributed by atoms with van der Waals surface area (Å²) < 4.78 is 5.47. The molecule has 166 valence electrons. The highest BCUT2D eigenvalue weighted by molar-refractivity contribution is 7.13. The SMILES string of the molecule is CCOc1ccc(-c2nc(CC(=O)Nc3ccc(Cl)cc3C(=O)N3CCCC3)cs2)cc1. The molecule has 32 heavy (non-hydrogen) atoms. The van der Waals surface area contributed by atoms with Gasteiger partial charge in [0.05, 0.1) is 30.0 Å². The van der Waals surface area contributed by atoms with E-state index in [1.807, 2.05) is 36.6 Å². The summed E-state index contributed by atoms with van der Waals surface area (Å²) in [6.45, 7) is 4.02. The van der Waals surface area contributed by atoms with Gasteiger partial charge in [-0.2, -0.15) is 0 Å².